The van der Waals surface area contributed by atoms with E-state index in [0.29, 0.717) is 12.0 Å². The summed E-state index contributed by atoms with van der Waals surface area (Å²) in [6.45, 7) is 0. The third kappa shape index (κ3) is 2.52. The van der Waals surface area contributed by atoms with Crippen LogP contribution < -0.4 is 0 Å². The van der Waals surface area contributed by atoms with Crippen LogP contribution in [-0.4, -0.2) is 11.1 Å². The van der Waals surface area contributed by atoms with Crippen LogP contribution in [0.4, 0.5) is 0 Å². The highest BCUT2D eigenvalue weighted by atomic mass is 16.4. The van der Waals surface area contributed by atoms with Gasteiger partial charge in [0, 0.05) is 0 Å². The number of carboxylic acids is 1. The van der Waals surface area contributed by atoms with Gasteiger partial charge in [-0.1, -0.05) is 72.8 Å². The van der Waals surface area contributed by atoms with E-state index in [4.69, 9.17) is 0 Å². The van der Waals surface area contributed by atoms with Crippen molar-refractivity contribution in [3.05, 3.63) is 95.6 Å². The minimum atomic E-state index is -0.878. The topological polar surface area (TPSA) is 37.3 Å². The Bertz CT molecular complexity index is 1060. The molecule has 4 aromatic carbocycles. The minimum Gasteiger partial charge on any atom is -0.478 e. The molecule has 0 bridgehead atoms. The molecule has 0 fully saturated rings. The molecule has 0 aliphatic heterocycles. The van der Waals surface area contributed by atoms with Crippen molar-refractivity contribution in [1.82, 2.24) is 0 Å². The molecule has 0 heterocycles. The number of fused-ring (bicyclic) bond motifs is 2. The Kier molecular flexibility index (Phi) is 3.51. The Morgan fingerprint density at radius 1 is 0.750 bits per heavy atom. The molecule has 2 nitrogen and oxygen atoms in total. The van der Waals surface area contributed by atoms with Gasteiger partial charge in [-0.2, -0.15) is 0 Å². The third-order valence-corrected chi connectivity index (χ3v) is 4.47. The average Bonchev–Trinajstić information content (AvgIpc) is 2.61. The van der Waals surface area contributed by atoms with E-state index in [1.165, 1.54) is 10.8 Å². The van der Waals surface area contributed by atoms with Crippen molar-refractivity contribution in [2.24, 2.45) is 0 Å². The highest BCUT2D eigenvalue weighted by Gasteiger charge is 2.14. The van der Waals surface area contributed by atoms with Gasteiger partial charge in [0.15, 0.2) is 0 Å². The van der Waals surface area contributed by atoms with E-state index in [1.807, 2.05) is 42.5 Å². The highest BCUT2D eigenvalue weighted by Crippen LogP contribution is 2.26. The summed E-state index contributed by atoms with van der Waals surface area (Å²) in [7, 11) is 0. The van der Waals surface area contributed by atoms with Crippen molar-refractivity contribution in [2.45, 2.75) is 6.42 Å². The van der Waals surface area contributed by atoms with Gasteiger partial charge >= 0.3 is 5.97 Å². The van der Waals surface area contributed by atoms with Crippen LogP contribution >= 0.6 is 0 Å². The Morgan fingerprint density at radius 2 is 1.42 bits per heavy atom. The largest absolute Gasteiger partial charge is 0.478 e. The number of carboxylic acid groups (broad SMARTS) is 1. The summed E-state index contributed by atoms with van der Waals surface area (Å²) in [5.74, 6) is -0.878. The lowest BCUT2D eigenvalue weighted by molar-refractivity contribution is 0.0696. The molecule has 4 aromatic rings. The van der Waals surface area contributed by atoms with Crippen LogP contribution in [0.15, 0.2) is 78.9 Å². The maximum Gasteiger partial charge on any atom is 0.335 e. The van der Waals surface area contributed by atoms with Gasteiger partial charge < -0.3 is 5.11 Å². The van der Waals surface area contributed by atoms with E-state index in [-0.39, 0.29) is 0 Å². The Hall–Kier alpha value is -3.13. The van der Waals surface area contributed by atoms with Crippen molar-refractivity contribution in [2.75, 3.05) is 0 Å². The molecule has 0 unspecified atom stereocenters. The first-order valence-electron chi connectivity index (χ1n) is 7.94. The summed E-state index contributed by atoms with van der Waals surface area (Å²) in [6.07, 6.45) is 0.605. The second-order valence-corrected chi connectivity index (χ2v) is 5.98. The van der Waals surface area contributed by atoms with Gasteiger partial charge in [0.25, 0.3) is 0 Å². The molecule has 0 aliphatic carbocycles. The lowest BCUT2D eigenvalue weighted by Gasteiger charge is -2.11. The number of carbonyl (C=O) groups is 1. The zero-order chi connectivity index (χ0) is 16.5. The first-order chi connectivity index (χ1) is 11.7. The number of rotatable bonds is 3. The summed E-state index contributed by atoms with van der Waals surface area (Å²) < 4.78 is 0. The molecule has 0 saturated heterocycles. The summed E-state index contributed by atoms with van der Waals surface area (Å²) in [4.78, 5) is 11.7. The van der Waals surface area contributed by atoms with E-state index in [9.17, 15) is 9.90 Å². The number of hydrogen-bond donors (Lipinski definition) is 1. The standard InChI is InChI=1S/C22H16O2/c23-22(24)20-12-11-17-6-3-4-8-19(17)21(20)14-15-9-10-16-5-1-2-7-18(16)13-15/h1-13H,14H2,(H,23,24). The van der Waals surface area contributed by atoms with Crippen LogP contribution in [0, 0.1) is 0 Å². The molecule has 0 radical (unpaired) electrons. The molecule has 0 spiro atoms. The van der Waals surface area contributed by atoms with Crippen molar-refractivity contribution in [3.8, 4) is 0 Å². The predicted molar refractivity (Wildman–Crippen MR) is 97.7 cm³/mol. The summed E-state index contributed by atoms with van der Waals surface area (Å²) >= 11 is 0. The Balaban J connectivity index is 1.88. The zero-order valence-electron chi connectivity index (χ0n) is 13.1. The van der Waals surface area contributed by atoms with E-state index < -0.39 is 5.97 Å². The van der Waals surface area contributed by atoms with Crippen LogP contribution in [0.1, 0.15) is 21.5 Å². The molecule has 0 atom stereocenters. The van der Waals surface area contributed by atoms with Crippen LogP contribution in [0.5, 0.6) is 0 Å². The van der Waals surface area contributed by atoms with Crippen LogP contribution in [-0.2, 0) is 6.42 Å². The van der Waals surface area contributed by atoms with E-state index in [0.717, 1.165) is 21.9 Å². The number of benzene rings is 4. The molecule has 4 rings (SSSR count). The summed E-state index contributed by atoms with van der Waals surface area (Å²) in [6, 6.07) is 26.1. The fourth-order valence-corrected chi connectivity index (χ4v) is 3.28. The van der Waals surface area contributed by atoms with Crippen LogP contribution in [0.3, 0.4) is 0 Å². The van der Waals surface area contributed by atoms with Crippen molar-refractivity contribution >= 4 is 27.5 Å². The molecule has 24 heavy (non-hydrogen) atoms. The normalized spacial score (nSPS) is 11.0. The minimum absolute atomic E-state index is 0.377. The van der Waals surface area contributed by atoms with Gasteiger partial charge in [0.2, 0.25) is 0 Å². The fraction of sp³-hybridized carbons (Fsp3) is 0.0455. The second-order valence-electron chi connectivity index (χ2n) is 5.98. The van der Waals surface area contributed by atoms with Crippen LogP contribution in [0.25, 0.3) is 21.5 Å². The third-order valence-electron chi connectivity index (χ3n) is 4.47. The van der Waals surface area contributed by atoms with Crippen molar-refractivity contribution in [3.63, 3.8) is 0 Å². The first-order valence-corrected chi connectivity index (χ1v) is 7.94. The van der Waals surface area contributed by atoms with Crippen LogP contribution in [0.2, 0.25) is 0 Å². The molecule has 2 heteroatoms. The first kappa shape index (κ1) is 14.5. The van der Waals surface area contributed by atoms with E-state index >= 15 is 0 Å². The molecule has 0 aromatic heterocycles. The van der Waals surface area contributed by atoms with Gasteiger partial charge in [-0.3, -0.25) is 0 Å². The average molecular weight is 312 g/mol. The van der Waals surface area contributed by atoms with Gasteiger partial charge in [0.1, 0.15) is 0 Å². The van der Waals surface area contributed by atoms with Gasteiger partial charge in [-0.15, -0.1) is 0 Å². The maximum atomic E-state index is 11.7. The second kappa shape index (κ2) is 5.82. The van der Waals surface area contributed by atoms with E-state index in [1.54, 1.807) is 6.07 Å². The molecular formula is C22H16O2. The molecule has 116 valence electrons. The lowest BCUT2D eigenvalue weighted by Crippen LogP contribution is -2.04. The maximum absolute atomic E-state index is 11.7. The van der Waals surface area contributed by atoms with Gasteiger partial charge in [-0.05, 0) is 45.2 Å². The molecular weight excluding hydrogens is 296 g/mol. The molecule has 0 saturated carbocycles. The quantitative estimate of drug-likeness (QED) is 0.558. The Morgan fingerprint density at radius 3 is 2.21 bits per heavy atom. The number of aromatic carboxylic acids is 1. The lowest BCUT2D eigenvalue weighted by atomic mass is 9.93. The van der Waals surface area contributed by atoms with Gasteiger partial charge in [-0.25, -0.2) is 4.79 Å². The van der Waals surface area contributed by atoms with Crippen molar-refractivity contribution < 1.29 is 9.90 Å². The van der Waals surface area contributed by atoms with E-state index in [2.05, 4.69) is 30.3 Å². The van der Waals surface area contributed by atoms with Crippen molar-refractivity contribution in [1.29, 1.82) is 0 Å². The molecule has 0 aliphatic rings. The predicted octanol–water partition coefficient (Wildman–Crippen LogP) is 5.28. The van der Waals surface area contributed by atoms with Gasteiger partial charge in [0.05, 0.1) is 5.56 Å². The zero-order valence-corrected chi connectivity index (χ0v) is 13.1. The monoisotopic (exact) mass is 312 g/mol. The Labute approximate surface area is 140 Å². The SMILES string of the molecule is O=C(O)c1ccc2ccccc2c1Cc1ccc2ccccc2c1. The smallest absolute Gasteiger partial charge is 0.335 e. The highest BCUT2D eigenvalue weighted by molar-refractivity contribution is 5.98. The summed E-state index contributed by atoms with van der Waals surface area (Å²) in [5.41, 5.74) is 2.37. The number of hydrogen-bond acceptors (Lipinski definition) is 1. The molecule has 0 amide bonds. The fourth-order valence-electron chi connectivity index (χ4n) is 3.28. The molecule has 1 N–H and O–H groups in total. The summed E-state index contributed by atoms with van der Waals surface area (Å²) in [5, 5.41) is 14.0.